The third kappa shape index (κ3) is 3.22. The van der Waals surface area contributed by atoms with E-state index in [-0.39, 0.29) is 17.0 Å². The highest BCUT2D eigenvalue weighted by Crippen LogP contribution is 2.18. The van der Waals surface area contributed by atoms with Crippen molar-refractivity contribution < 1.29 is 21.5 Å². The molecule has 0 bridgehead atoms. The van der Waals surface area contributed by atoms with Crippen LogP contribution in [-0.2, 0) is 0 Å². The van der Waals surface area contributed by atoms with E-state index in [9.17, 15) is 0 Å². The number of nitrogens with zero attached hydrogens (tertiary/aromatic N) is 2. The highest BCUT2D eigenvalue weighted by molar-refractivity contribution is 5.47. The van der Waals surface area contributed by atoms with Gasteiger partial charge in [0.2, 0.25) is 0 Å². The van der Waals surface area contributed by atoms with Crippen molar-refractivity contribution in [3.05, 3.63) is 29.8 Å². The molecule has 0 aliphatic carbocycles. The van der Waals surface area contributed by atoms with Crippen molar-refractivity contribution in [2.45, 2.75) is 6.92 Å². The maximum absolute atomic E-state index is 2.49. The zero-order valence-corrected chi connectivity index (χ0v) is 12.0. The molecule has 0 unspecified atom stereocenters. The van der Waals surface area contributed by atoms with Crippen LogP contribution in [0.15, 0.2) is 24.3 Å². The molecule has 3 heteroatoms. The minimum atomic E-state index is 0. The van der Waals surface area contributed by atoms with Crippen molar-refractivity contribution in [1.29, 1.82) is 0 Å². The lowest BCUT2D eigenvalue weighted by molar-refractivity contribution is -0.890. The van der Waals surface area contributed by atoms with Gasteiger partial charge >= 0.3 is 0 Å². The predicted molar refractivity (Wildman–Crippen MR) is 65.2 cm³/mol. The molecule has 1 aliphatic heterocycles. The first kappa shape index (κ1) is 13.5. The number of quaternary nitrogens is 1. The Kier molecular flexibility index (Phi) is 4.39. The van der Waals surface area contributed by atoms with Crippen LogP contribution in [0, 0.1) is 6.92 Å². The van der Waals surface area contributed by atoms with Crippen LogP contribution in [-0.4, -0.2) is 44.8 Å². The van der Waals surface area contributed by atoms with Gasteiger partial charge in [0.05, 0.1) is 40.3 Å². The molecule has 1 fully saturated rings. The second kappa shape index (κ2) is 5.19. The van der Waals surface area contributed by atoms with Crippen LogP contribution in [0.25, 0.3) is 0 Å². The Labute approximate surface area is 109 Å². The van der Waals surface area contributed by atoms with Gasteiger partial charge in [0, 0.05) is 5.69 Å². The van der Waals surface area contributed by atoms with Gasteiger partial charge in [-0.05, 0) is 19.1 Å². The van der Waals surface area contributed by atoms with E-state index in [0.29, 0.717) is 0 Å². The van der Waals surface area contributed by atoms with Crippen molar-refractivity contribution in [3.8, 4) is 0 Å². The van der Waals surface area contributed by atoms with E-state index in [0.717, 1.165) is 4.48 Å². The number of anilines is 1. The van der Waals surface area contributed by atoms with Gasteiger partial charge in [0.15, 0.2) is 0 Å². The summed E-state index contributed by atoms with van der Waals surface area (Å²) >= 11 is 0. The first-order valence-electron chi connectivity index (χ1n) is 5.70. The van der Waals surface area contributed by atoms with Crippen LogP contribution in [0.3, 0.4) is 0 Å². The quantitative estimate of drug-likeness (QED) is 0.592. The van der Waals surface area contributed by atoms with Gasteiger partial charge in [0.25, 0.3) is 0 Å². The lowest BCUT2D eigenvalue weighted by Crippen LogP contribution is -3.00. The van der Waals surface area contributed by atoms with Crippen molar-refractivity contribution in [3.63, 3.8) is 0 Å². The van der Waals surface area contributed by atoms with Crippen molar-refractivity contribution in [2.24, 2.45) is 0 Å². The van der Waals surface area contributed by atoms with Gasteiger partial charge in [0.1, 0.15) is 0 Å². The summed E-state index contributed by atoms with van der Waals surface area (Å²) in [6.45, 7) is 6.98. The first-order chi connectivity index (χ1) is 7.07. The van der Waals surface area contributed by atoms with Gasteiger partial charge in [-0.25, -0.2) is 0 Å². The fraction of sp³-hybridized carbons (Fsp3) is 0.538. The normalized spacial score (nSPS) is 19.1. The Morgan fingerprint density at radius 3 is 2.00 bits per heavy atom. The predicted octanol–water partition coefficient (Wildman–Crippen LogP) is -1.10. The molecule has 0 atom stereocenters. The monoisotopic (exact) mass is 284 g/mol. The molecule has 2 rings (SSSR count). The third-order valence-electron chi connectivity index (χ3n) is 3.35. The Balaban J connectivity index is 0.00000128. The molecule has 0 spiro atoms. The molecular weight excluding hydrogens is 264 g/mol. The van der Waals surface area contributed by atoms with E-state index >= 15 is 0 Å². The maximum atomic E-state index is 2.49. The Hall–Kier alpha value is -0.540. The molecule has 0 aromatic heterocycles. The molecule has 1 aliphatic rings. The summed E-state index contributed by atoms with van der Waals surface area (Å²) in [5.41, 5.74) is 2.71. The van der Waals surface area contributed by atoms with E-state index in [1.54, 1.807) is 0 Å². The second-order valence-corrected chi connectivity index (χ2v) is 5.21. The van der Waals surface area contributed by atoms with Gasteiger partial charge in [-0.2, -0.15) is 0 Å². The first-order valence-corrected chi connectivity index (χ1v) is 5.70. The summed E-state index contributed by atoms with van der Waals surface area (Å²) < 4.78 is 1.16. The molecule has 1 heterocycles. The summed E-state index contributed by atoms with van der Waals surface area (Å²) in [5.74, 6) is 0. The fourth-order valence-corrected chi connectivity index (χ4v) is 2.02. The zero-order chi connectivity index (χ0) is 10.9. The van der Waals surface area contributed by atoms with Crippen molar-refractivity contribution >= 4 is 5.69 Å². The third-order valence-corrected chi connectivity index (χ3v) is 3.35. The minimum Gasteiger partial charge on any atom is -1.00 e. The number of rotatable bonds is 1. The highest BCUT2D eigenvalue weighted by Gasteiger charge is 2.23. The second-order valence-electron chi connectivity index (χ2n) is 5.21. The van der Waals surface area contributed by atoms with Crippen LogP contribution in [0.4, 0.5) is 5.69 Å². The number of benzene rings is 1. The fourth-order valence-electron chi connectivity index (χ4n) is 2.02. The summed E-state index contributed by atoms with van der Waals surface area (Å²) in [4.78, 5) is 2.49. The standard InChI is InChI=1S/C13H21N2.BrH/c1-12-4-6-13(7-5-12)14-8-10-15(2,3)11-9-14;/h4-7H,8-11H2,1-3H3;1H/q+1;/p-1. The van der Waals surface area contributed by atoms with Gasteiger partial charge in [-0.1, -0.05) is 17.7 Å². The zero-order valence-electron chi connectivity index (χ0n) is 10.4. The van der Waals surface area contributed by atoms with Crippen LogP contribution >= 0.6 is 0 Å². The lowest BCUT2D eigenvalue weighted by atomic mass is 10.2. The van der Waals surface area contributed by atoms with E-state index in [4.69, 9.17) is 0 Å². The summed E-state index contributed by atoms with van der Waals surface area (Å²) in [6.07, 6.45) is 0. The van der Waals surface area contributed by atoms with Gasteiger partial charge < -0.3 is 26.4 Å². The average molecular weight is 285 g/mol. The molecule has 16 heavy (non-hydrogen) atoms. The maximum Gasteiger partial charge on any atom is 0.0961 e. The smallest absolute Gasteiger partial charge is 0.0961 e. The molecule has 0 N–H and O–H groups in total. The largest absolute Gasteiger partial charge is 1.00 e. The lowest BCUT2D eigenvalue weighted by Gasteiger charge is -2.40. The van der Waals surface area contributed by atoms with Crippen LogP contribution < -0.4 is 21.9 Å². The molecule has 0 saturated carbocycles. The number of aryl methyl sites for hydroxylation is 1. The molecule has 0 radical (unpaired) electrons. The van der Waals surface area contributed by atoms with Crippen molar-refractivity contribution in [2.75, 3.05) is 45.2 Å². The Bertz CT molecular complexity index is 322. The van der Waals surface area contributed by atoms with E-state index < -0.39 is 0 Å². The SMILES string of the molecule is Cc1ccc(N2CC[N+](C)(C)CC2)cc1.[Br-]. The summed E-state index contributed by atoms with van der Waals surface area (Å²) in [6, 6.07) is 8.87. The minimum absolute atomic E-state index is 0. The molecule has 1 aromatic carbocycles. The number of hydrogen-bond acceptors (Lipinski definition) is 1. The van der Waals surface area contributed by atoms with Crippen LogP contribution in [0.2, 0.25) is 0 Å². The van der Waals surface area contributed by atoms with E-state index in [1.165, 1.54) is 37.4 Å². The molecule has 1 saturated heterocycles. The number of likely N-dealkylation sites (N-methyl/N-ethyl adjacent to an activating group) is 1. The average Bonchev–Trinajstić information content (AvgIpc) is 2.20. The van der Waals surface area contributed by atoms with Crippen LogP contribution in [0.1, 0.15) is 5.56 Å². The molecule has 0 amide bonds. The van der Waals surface area contributed by atoms with E-state index in [2.05, 4.69) is 50.2 Å². The molecule has 1 aromatic rings. The molecule has 2 nitrogen and oxygen atoms in total. The molecule has 90 valence electrons. The Morgan fingerprint density at radius 1 is 1.00 bits per heavy atom. The molecular formula is C13H21BrN2. The topological polar surface area (TPSA) is 3.24 Å². The van der Waals surface area contributed by atoms with Crippen LogP contribution in [0.5, 0.6) is 0 Å². The van der Waals surface area contributed by atoms with Gasteiger partial charge in [-0.15, -0.1) is 0 Å². The summed E-state index contributed by atoms with van der Waals surface area (Å²) in [5, 5.41) is 0. The number of halogens is 1. The number of piperazine rings is 1. The van der Waals surface area contributed by atoms with E-state index in [1.807, 2.05) is 0 Å². The summed E-state index contributed by atoms with van der Waals surface area (Å²) in [7, 11) is 4.62. The van der Waals surface area contributed by atoms with Gasteiger partial charge in [-0.3, -0.25) is 0 Å². The highest BCUT2D eigenvalue weighted by atomic mass is 79.9. The van der Waals surface area contributed by atoms with Crippen molar-refractivity contribution in [1.82, 2.24) is 0 Å². The Morgan fingerprint density at radius 2 is 1.50 bits per heavy atom. The number of hydrogen-bond donors (Lipinski definition) is 0.